The first kappa shape index (κ1) is 21.8. The number of nitrogens with zero attached hydrogens (tertiary/aromatic N) is 2. The predicted octanol–water partition coefficient (Wildman–Crippen LogP) is 2.00. The van der Waals surface area contributed by atoms with Gasteiger partial charge in [0, 0.05) is 44.0 Å². The third-order valence-electron chi connectivity index (χ3n) is 6.32. The van der Waals surface area contributed by atoms with E-state index in [4.69, 9.17) is 0 Å². The molecule has 1 fully saturated rings. The number of aromatic nitrogens is 1. The zero-order chi connectivity index (χ0) is 22.7. The second-order valence-corrected chi connectivity index (χ2v) is 8.62. The van der Waals surface area contributed by atoms with Gasteiger partial charge < -0.3 is 20.9 Å². The van der Waals surface area contributed by atoms with Gasteiger partial charge in [-0.05, 0) is 62.1 Å². The third-order valence-corrected chi connectivity index (χ3v) is 6.32. The maximum Gasteiger partial charge on any atom is 0.255 e. The van der Waals surface area contributed by atoms with Crippen molar-refractivity contribution in [2.24, 2.45) is 0 Å². The number of hydrogen-bond donors (Lipinski definition) is 3. The highest BCUT2D eigenvalue weighted by atomic mass is 16.2. The lowest BCUT2D eigenvalue weighted by Gasteiger charge is -2.40. The van der Waals surface area contributed by atoms with Gasteiger partial charge in [0.1, 0.15) is 11.7 Å². The van der Waals surface area contributed by atoms with Gasteiger partial charge in [-0.3, -0.25) is 19.4 Å². The molecule has 3 amide bonds. The molecule has 0 bridgehead atoms. The topological polar surface area (TPSA) is 103 Å². The molecule has 1 spiro atoms. The van der Waals surface area contributed by atoms with Crippen molar-refractivity contribution in [2.45, 2.75) is 51.2 Å². The van der Waals surface area contributed by atoms with Gasteiger partial charge in [-0.25, -0.2) is 0 Å². The molecule has 1 aromatic heterocycles. The molecule has 2 unspecified atom stereocenters. The van der Waals surface area contributed by atoms with Crippen molar-refractivity contribution in [2.75, 3.05) is 18.4 Å². The molecule has 8 nitrogen and oxygen atoms in total. The maximum atomic E-state index is 12.9. The highest BCUT2D eigenvalue weighted by molar-refractivity contribution is 6.02. The minimum atomic E-state index is -0.695. The van der Waals surface area contributed by atoms with Gasteiger partial charge in [0.15, 0.2) is 0 Å². The number of rotatable bonds is 5. The number of carbonyl (C=O) groups is 3. The molecule has 1 aromatic carbocycles. The van der Waals surface area contributed by atoms with Gasteiger partial charge in [-0.15, -0.1) is 0 Å². The number of pyridine rings is 1. The first-order valence-electron chi connectivity index (χ1n) is 11.0. The van der Waals surface area contributed by atoms with Crippen molar-refractivity contribution in [3.63, 3.8) is 0 Å². The van der Waals surface area contributed by atoms with Gasteiger partial charge >= 0.3 is 0 Å². The summed E-state index contributed by atoms with van der Waals surface area (Å²) in [5, 5.41) is 9.47. The van der Waals surface area contributed by atoms with Crippen LogP contribution in [0.15, 0.2) is 42.7 Å². The summed E-state index contributed by atoms with van der Waals surface area (Å²) < 4.78 is 0. The lowest BCUT2D eigenvalue weighted by atomic mass is 9.94. The molecule has 3 N–H and O–H groups in total. The zero-order valence-corrected chi connectivity index (χ0v) is 18.5. The predicted molar refractivity (Wildman–Crippen MR) is 121 cm³/mol. The van der Waals surface area contributed by atoms with Crippen molar-refractivity contribution >= 4 is 23.4 Å². The van der Waals surface area contributed by atoms with Crippen LogP contribution in [0.4, 0.5) is 5.69 Å². The average Bonchev–Trinajstić information content (AvgIpc) is 2.92. The largest absolute Gasteiger partial charge is 0.362 e. The summed E-state index contributed by atoms with van der Waals surface area (Å²) >= 11 is 0. The summed E-state index contributed by atoms with van der Waals surface area (Å²) in [7, 11) is 0. The maximum absolute atomic E-state index is 12.9. The molecule has 2 aromatic rings. The number of likely N-dealkylation sites (tertiary alicyclic amines) is 1. The van der Waals surface area contributed by atoms with Crippen molar-refractivity contribution in [3.8, 4) is 0 Å². The molecular formula is C24H29N5O3. The molecule has 168 valence electrons. The Balaban J connectivity index is 1.39. The number of carbonyl (C=O) groups excluding carboxylic acids is 3. The van der Waals surface area contributed by atoms with E-state index in [0.717, 1.165) is 16.8 Å². The molecule has 3 heterocycles. The molecule has 2 atom stereocenters. The number of nitrogens with one attached hydrogen (secondary N) is 3. The fraction of sp³-hybridized carbons (Fsp3) is 0.417. The number of fused-ring (bicyclic) bond motifs is 1. The smallest absolute Gasteiger partial charge is 0.255 e. The van der Waals surface area contributed by atoms with Crippen molar-refractivity contribution in [3.05, 3.63) is 59.4 Å². The summed E-state index contributed by atoms with van der Waals surface area (Å²) in [6, 6.07) is 8.93. The average molecular weight is 436 g/mol. The molecule has 8 heteroatoms. The monoisotopic (exact) mass is 435 g/mol. The van der Waals surface area contributed by atoms with Gasteiger partial charge in [0.25, 0.3) is 5.91 Å². The van der Waals surface area contributed by atoms with Crippen molar-refractivity contribution < 1.29 is 14.4 Å². The first-order chi connectivity index (χ1) is 15.4. The first-order valence-corrected chi connectivity index (χ1v) is 11.0. The highest BCUT2D eigenvalue weighted by Gasteiger charge is 2.41. The second-order valence-electron chi connectivity index (χ2n) is 8.62. The molecule has 1 saturated heterocycles. The van der Waals surface area contributed by atoms with E-state index in [1.54, 1.807) is 24.2 Å². The summed E-state index contributed by atoms with van der Waals surface area (Å²) in [5.41, 5.74) is 2.85. The quantitative estimate of drug-likeness (QED) is 0.667. The second kappa shape index (κ2) is 8.98. The Morgan fingerprint density at radius 3 is 2.75 bits per heavy atom. The van der Waals surface area contributed by atoms with Crippen LogP contribution in [0.2, 0.25) is 0 Å². The number of anilines is 1. The summed E-state index contributed by atoms with van der Waals surface area (Å²) in [6.45, 7) is 4.61. The fourth-order valence-electron chi connectivity index (χ4n) is 4.39. The van der Waals surface area contributed by atoms with Gasteiger partial charge in [0.2, 0.25) is 11.8 Å². The van der Waals surface area contributed by atoms with E-state index < -0.39 is 11.7 Å². The molecular weight excluding hydrogens is 406 g/mol. The number of aryl methyl sites for hydroxylation is 1. The minimum Gasteiger partial charge on any atom is -0.362 e. The molecule has 32 heavy (non-hydrogen) atoms. The third kappa shape index (κ3) is 4.59. The Kier molecular flexibility index (Phi) is 6.12. The van der Waals surface area contributed by atoms with Crippen molar-refractivity contribution in [1.82, 2.24) is 20.5 Å². The van der Waals surface area contributed by atoms with Crippen LogP contribution in [0, 0.1) is 6.92 Å². The number of hydrogen-bond acceptors (Lipinski definition) is 5. The minimum absolute atomic E-state index is 0.0789. The Morgan fingerprint density at radius 2 is 1.97 bits per heavy atom. The molecule has 2 aliphatic heterocycles. The van der Waals surface area contributed by atoms with E-state index in [1.165, 1.54) is 0 Å². The Hall–Kier alpha value is -3.42. The van der Waals surface area contributed by atoms with E-state index in [1.807, 2.05) is 37.3 Å². The number of benzene rings is 1. The Morgan fingerprint density at radius 1 is 1.19 bits per heavy atom. The van der Waals surface area contributed by atoms with Crippen LogP contribution in [0.1, 0.15) is 47.7 Å². The van der Waals surface area contributed by atoms with E-state index in [-0.39, 0.29) is 24.1 Å². The van der Waals surface area contributed by atoms with Gasteiger partial charge in [-0.2, -0.15) is 0 Å². The molecule has 2 aliphatic rings. The van der Waals surface area contributed by atoms with Crippen molar-refractivity contribution in [1.29, 1.82) is 0 Å². The fourth-order valence-corrected chi connectivity index (χ4v) is 4.39. The standard InChI is InChI=1S/C24H29N5O3/c1-16-3-4-19-20(15-16)27-24(28-23(19)32)9-5-21(30)29(14-10-24)17(2)22(31)26-13-8-18-6-11-25-12-7-18/h3-4,6-7,11-12,15,17,27H,5,8-10,13-14H2,1-2H3,(H,26,31)(H,28,32). The molecule has 0 radical (unpaired) electrons. The van der Waals surface area contributed by atoms with Crippen LogP contribution < -0.4 is 16.0 Å². The lowest BCUT2D eigenvalue weighted by molar-refractivity contribution is -0.139. The van der Waals surface area contributed by atoms with Crippen LogP contribution >= 0.6 is 0 Å². The van der Waals surface area contributed by atoms with Gasteiger partial charge in [-0.1, -0.05) is 6.07 Å². The Labute approximate surface area is 187 Å². The van der Waals surface area contributed by atoms with Crippen LogP contribution in [0.3, 0.4) is 0 Å². The summed E-state index contributed by atoms with van der Waals surface area (Å²) in [6.07, 6.45) is 5.40. The van der Waals surface area contributed by atoms with Gasteiger partial charge in [0.05, 0.1) is 5.56 Å². The normalized spacial score (nSPS) is 21.2. The summed E-state index contributed by atoms with van der Waals surface area (Å²) in [4.78, 5) is 43.9. The summed E-state index contributed by atoms with van der Waals surface area (Å²) in [5.74, 6) is -0.392. The highest BCUT2D eigenvalue weighted by Crippen LogP contribution is 2.32. The number of amides is 3. The van der Waals surface area contributed by atoms with E-state index >= 15 is 0 Å². The van der Waals surface area contributed by atoms with E-state index in [0.29, 0.717) is 37.9 Å². The lowest BCUT2D eigenvalue weighted by Crippen LogP contribution is -2.58. The molecule has 0 aliphatic carbocycles. The van der Waals surface area contributed by atoms with Crippen LogP contribution in [-0.4, -0.2) is 52.4 Å². The van der Waals surface area contributed by atoms with Crippen LogP contribution in [0.25, 0.3) is 0 Å². The zero-order valence-electron chi connectivity index (χ0n) is 18.5. The SMILES string of the molecule is Cc1ccc2c(c1)NC1(CCC(=O)N(C(C)C(=O)NCCc3ccncc3)CC1)NC2=O. The van der Waals surface area contributed by atoms with Crippen LogP contribution in [0.5, 0.6) is 0 Å². The van der Waals surface area contributed by atoms with Crippen LogP contribution in [-0.2, 0) is 16.0 Å². The Bertz CT molecular complexity index is 1030. The van der Waals surface area contributed by atoms with E-state index in [9.17, 15) is 14.4 Å². The molecule has 4 rings (SSSR count). The molecule has 0 saturated carbocycles. The van der Waals surface area contributed by atoms with E-state index in [2.05, 4.69) is 20.9 Å².